The van der Waals surface area contributed by atoms with Gasteiger partial charge in [-0.3, -0.25) is 14.4 Å². The first-order valence-electron chi connectivity index (χ1n) is 14.5. The molecule has 4 N–H and O–H groups in total. The van der Waals surface area contributed by atoms with E-state index in [4.69, 9.17) is 0 Å². The SMILES string of the molecule is CCC(CC)C(=O)N1C[C@H](O)C[C@H]1C(=O)N[C@H](Cc1ccc2ccccc2c1)C(=O)NCCCNCC(C)C. The molecule has 0 spiro atoms. The monoisotopic (exact) mass is 538 g/mol. The first-order chi connectivity index (χ1) is 18.7. The van der Waals surface area contributed by atoms with E-state index in [0.29, 0.717) is 31.7 Å². The minimum absolute atomic E-state index is 0.110. The van der Waals surface area contributed by atoms with E-state index in [2.05, 4.69) is 29.8 Å². The number of fused-ring (bicyclic) bond motifs is 1. The summed E-state index contributed by atoms with van der Waals surface area (Å²) in [7, 11) is 0. The molecule has 0 aliphatic carbocycles. The van der Waals surface area contributed by atoms with Gasteiger partial charge < -0.3 is 26.0 Å². The number of likely N-dealkylation sites (tertiary alicyclic amines) is 1. The fourth-order valence-electron chi connectivity index (χ4n) is 5.20. The fourth-order valence-corrected chi connectivity index (χ4v) is 5.20. The van der Waals surface area contributed by atoms with Gasteiger partial charge in [0.1, 0.15) is 12.1 Å². The number of nitrogens with zero attached hydrogens (tertiary/aromatic N) is 1. The summed E-state index contributed by atoms with van der Waals surface area (Å²) in [5.74, 6) is -0.387. The van der Waals surface area contributed by atoms with Crippen LogP contribution in [0.15, 0.2) is 42.5 Å². The highest BCUT2D eigenvalue weighted by atomic mass is 16.3. The van der Waals surface area contributed by atoms with E-state index in [1.54, 1.807) is 0 Å². The van der Waals surface area contributed by atoms with Crippen molar-refractivity contribution in [3.63, 3.8) is 0 Å². The van der Waals surface area contributed by atoms with Gasteiger partial charge in [-0.1, -0.05) is 70.2 Å². The molecule has 8 heteroatoms. The maximum atomic E-state index is 13.5. The van der Waals surface area contributed by atoms with Crippen LogP contribution in [0.25, 0.3) is 10.8 Å². The standard InChI is InChI=1S/C31H46N4O4/c1-5-23(6-2)31(39)35-20-26(36)18-28(35)30(38)34-27(29(37)33-15-9-14-32-19-21(3)4)17-22-12-13-24-10-7-8-11-25(24)16-22/h7-8,10-13,16,21,23,26-28,32,36H,5-6,9,14-15,17-20H2,1-4H3,(H,33,37)(H,34,38)/t26-,27-,28+/m1/s1. The summed E-state index contributed by atoms with van der Waals surface area (Å²) in [6.07, 6.45) is 1.87. The highest BCUT2D eigenvalue weighted by Crippen LogP contribution is 2.24. The summed E-state index contributed by atoms with van der Waals surface area (Å²) >= 11 is 0. The minimum Gasteiger partial charge on any atom is -0.391 e. The lowest BCUT2D eigenvalue weighted by Gasteiger charge is -2.28. The number of hydrogen-bond acceptors (Lipinski definition) is 5. The van der Waals surface area contributed by atoms with Crippen molar-refractivity contribution in [2.45, 2.75) is 78.0 Å². The quantitative estimate of drug-likeness (QED) is 0.277. The van der Waals surface area contributed by atoms with E-state index < -0.39 is 24.1 Å². The summed E-state index contributed by atoms with van der Waals surface area (Å²) in [5.41, 5.74) is 0.934. The summed E-state index contributed by atoms with van der Waals surface area (Å²) in [4.78, 5) is 41.4. The van der Waals surface area contributed by atoms with Gasteiger partial charge in [-0.2, -0.15) is 0 Å². The van der Waals surface area contributed by atoms with Crippen molar-refractivity contribution in [2.24, 2.45) is 11.8 Å². The number of aliphatic hydroxyl groups is 1. The average molecular weight is 539 g/mol. The third-order valence-corrected chi connectivity index (χ3v) is 7.47. The van der Waals surface area contributed by atoms with Gasteiger partial charge in [0.2, 0.25) is 17.7 Å². The number of nitrogens with one attached hydrogen (secondary N) is 3. The maximum absolute atomic E-state index is 13.5. The number of rotatable bonds is 14. The van der Waals surface area contributed by atoms with E-state index in [1.807, 2.05) is 56.3 Å². The molecule has 0 aromatic heterocycles. The Kier molecular flexibility index (Phi) is 11.7. The molecule has 0 bridgehead atoms. The Bertz CT molecular complexity index is 1100. The smallest absolute Gasteiger partial charge is 0.243 e. The first-order valence-corrected chi connectivity index (χ1v) is 14.5. The zero-order valence-corrected chi connectivity index (χ0v) is 23.9. The van der Waals surface area contributed by atoms with Gasteiger partial charge in [-0.15, -0.1) is 0 Å². The first kappa shape index (κ1) is 30.6. The van der Waals surface area contributed by atoms with Crippen LogP contribution < -0.4 is 16.0 Å². The Labute approximate surface area is 232 Å². The maximum Gasteiger partial charge on any atom is 0.243 e. The molecule has 1 fully saturated rings. The van der Waals surface area contributed by atoms with Gasteiger partial charge in [0.05, 0.1) is 6.10 Å². The van der Waals surface area contributed by atoms with Gasteiger partial charge in [0.25, 0.3) is 0 Å². The van der Waals surface area contributed by atoms with Gasteiger partial charge >= 0.3 is 0 Å². The predicted molar refractivity (Wildman–Crippen MR) is 155 cm³/mol. The van der Waals surface area contributed by atoms with Gasteiger partial charge in [0.15, 0.2) is 0 Å². The van der Waals surface area contributed by atoms with Crippen LogP contribution in [-0.2, 0) is 20.8 Å². The van der Waals surface area contributed by atoms with Crippen LogP contribution in [0.2, 0.25) is 0 Å². The van der Waals surface area contributed by atoms with Gasteiger partial charge in [-0.05, 0) is 54.6 Å². The second-order valence-corrected chi connectivity index (χ2v) is 11.1. The average Bonchev–Trinajstić information content (AvgIpc) is 3.32. The number of amides is 3. The van der Waals surface area contributed by atoms with Crippen molar-refractivity contribution in [1.82, 2.24) is 20.9 Å². The van der Waals surface area contributed by atoms with Crippen LogP contribution in [0.1, 0.15) is 58.9 Å². The van der Waals surface area contributed by atoms with Crippen LogP contribution in [0.5, 0.6) is 0 Å². The lowest BCUT2D eigenvalue weighted by Crippen LogP contribution is -2.54. The third-order valence-electron chi connectivity index (χ3n) is 7.47. The molecule has 3 atom stereocenters. The Morgan fingerprint density at radius 1 is 1.03 bits per heavy atom. The van der Waals surface area contributed by atoms with Crippen molar-refractivity contribution in [3.05, 3.63) is 48.0 Å². The zero-order chi connectivity index (χ0) is 28.4. The zero-order valence-electron chi connectivity index (χ0n) is 23.9. The third kappa shape index (κ3) is 8.77. The largest absolute Gasteiger partial charge is 0.391 e. The molecule has 0 saturated carbocycles. The van der Waals surface area contributed by atoms with E-state index in [9.17, 15) is 19.5 Å². The number of β-amino-alcohol motifs (C(OH)–C–C–N with tert-alkyl or cyclic N) is 1. The lowest BCUT2D eigenvalue weighted by atomic mass is 10.00. The molecule has 1 aliphatic heterocycles. The lowest BCUT2D eigenvalue weighted by molar-refractivity contribution is -0.142. The number of aliphatic hydroxyl groups excluding tert-OH is 1. The molecule has 1 heterocycles. The normalized spacial score (nSPS) is 18.1. The molecule has 8 nitrogen and oxygen atoms in total. The second kappa shape index (κ2) is 15.0. The van der Waals surface area contributed by atoms with Crippen molar-refractivity contribution < 1.29 is 19.5 Å². The topological polar surface area (TPSA) is 111 Å². The molecule has 3 rings (SSSR count). The Balaban J connectivity index is 1.72. The van der Waals surface area contributed by atoms with Crippen molar-refractivity contribution in [1.29, 1.82) is 0 Å². The number of hydrogen-bond donors (Lipinski definition) is 4. The molecule has 0 unspecified atom stereocenters. The number of carbonyl (C=O) groups excluding carboxylic acids is 3. The summed E-state index contributed by atoms with van der Waals surface area (Å²) < 4.78 is 0. The van der Waals surface area contributed by atoms with Gasteiger partial charge in [-0.25, -0.2) is 0 Å². The molecule has 39 heavy (non-hydrogen) atoms. The van der Waals surface area contributed by atoms with Gasteiger partial charge in [0, 0.05) is 31.8 Å². The summed E-state index contributed by atoms with van der Waals surface area (Å²) in [6, 6.07) is 12.5. The number of carbonyl (C=O) groups is 3. The molecule has 2 aromatic rings. The van der Waals surface area contributed by atoms with Crippen molar-refractivity contribution in [2.75, 3.05) is 26.2 Å². The van der Waals surface area contributed by atoms with Crippen molar-refractivity contribution >= 4 is 28.5 Å². The minimum atomic E-state index is -0.801. The van der Waals surface area contributed by atoms with Crippen LogP contribution in [0, 0.1) is 11.8 Å². The fraction of sp³-hybridized carbons (Fsp3) is 0.581. The second-order valence-electron chi connectivity index (χ2n) is 11.1. The van der Waals surface area contributed by atoms with E-state index in [1.165, 1.54) is 4.90 Å². The molecule has 0 radical (unpaired) electrons. The van der Waals surface area contributed by atoms with Crippen LogP contribution in [0.4, 0.5) is 0 Å². The van der Waals surface area contributed by atoms with Crippen LogP contribution >= 0.6 is 0 Å². The van der Waals surface area contributed by atoms with E-state index in [0.717, 1.165) is 35.8 Å². The molecule has 1 aliphatic rings. The van der Waals surface area contributed by atoms with E-state index >= 15 is 0 Å². The van der Waals surface area contributed by atoms with E-state index in [-0.39, 0.29) is 30.7 Å². The van der Waals surface area contributed by atoms with Crippen LogP contribution in [0.3, 0.4) is 0 Å². The molecule has 2 aromatic carbocycles. The predicted octanol–water partition coefficient (Wildman–Crippen LogP) is 3.02. The molecule has 1 saturated heterocycles. The Morgan fingerprint density at radius 3 is 2.44 bits per heavy atom. The van der Waals surface area contributed by atoms with Crippen molar-refractivity contribution in [3.8, 4) is 0 Å². The summed E-state index contributed by atoms with van der Waals surface area (Å²) in [5, 5.41) is 21.8. The molecular weight excluding hydrogens is 492 g/mol. The Hall–Kier alpha value is -2.97. The number of benzene rings is 2. The highest BCUT2D eigenvalue weighted by Gasteiger charge is 2.41. The van der Waals surface area contributed by atoms with Crippen LogP contribution in [-0.4, -0.2) is 72.1 Å². The molecule has 214 valence electrons. The molecule has 3 amide bonds. The summed E-state index contributed by atoms with van der Waals surface area (Å²) in [6.45, 7) is 10.6. The molecular formula is C31H46N4O4. The highest BCUT2D eigenvalue weighted by molar-refractivity contribution is 5.93. The Morgan fingerprint density at radius 2 is 1.74 bits per heavy atom.